The maximum absolute atomic E-state index is 2.23. The Bertz CT molecular complexity index is 401. The average Bonchev–Trinajstić information content (AvgIpc) is 2.19. The van der Waals surface area contributed by atoms with Gasteiger partial charge in [-0.2, -0.15) is 0 Å². The van der Waals surface area contributed by atoms with E-state index in [1.807, 2.05) is 0 Å². The molecule has 14 heavy (non-hydrogen) atoms. The summed E-state index contributed by atoms with van der Waals surface area (Å²) in [6.45, 7) is 2.22. The first-order valence-electron chi connectivity index (χ1n) is 4.88. The Hall–Kier alpha value is -0.0403. The van der Waals surface area contributed by atoms with Gasteiger partial charge in [-0.25, -0.2) is 0 Å². The predicted octanol–water partition coefficient (Wildman–Crippen LogP) is 3.41. The number of rotatable bonds is 2. The summed E-state index contributed by atoms with van der Waals surface area (Å²) in [5.41, 5.74) is 1.47. The molecular weight excluding hydrogens is 196 g/mol. The van der Waals surface area contributed by atoms with Crippen LogP contribution in [0.3, 0.4) is 0 Å². The first-order valence-corrected chi connectivity index (χ1v) is 4.88. The molecule has 1 heteroatoms. The first kappa shape index (κ1) is 12.0. The summed E-state index contributed by atoms with van der Waals surface area (Å²) in [6, 6.07) is 15.1. The molecule has 0 nitrogen and oxygen atoms in total. The van der Waals surface area contributed by atoms with Gasteiger partial charge in [-0.15, -0.1) is 0 Å². The van der Waals surface area contributed by atoms with Gasteiger partial charge in [0.25, 0.3) is 0 Å². The summed E-state index contributed by atoms with van der Waals surface area (Å²) >= 11 is 0. The number of hydrogen-bond donors (Lipinski definition) is 0. The molecule has 0 aliphatic carbocycles. The molecule has 0 aliphatic heterocycles. The van der Waals surface area contributed by atoms with E-state index in [-0.39, 0.29) is 37.7 Å². The Morgan fingerprint density at radius 3 is 2.43 bits per heavy atom. The van der Waals surface area contributed by atoms with Crippen LogP contribution in [0.1, 0.15) is 18.9 Å². The number of hydrogen-bond acceptors (Lipinski definition) is 0. The van der Waals surface area contributed by atoms with Crippen molar-refractivity contribution in [2.75, 3.05) is 0 Å². The van der Waals surface area contributed by atoms with E-state index >= 15 is 0 Å². The van der Waals surface area contributed by atoms with E-state index in [2.05, 4.69) is 49.4 Å². The summed E-state index contributed by atoms with van der Waals surface area (Å²) < 4.78 is 0. The summed E-state index contributed by atoms with van der Waals surface area (Å²) in [6.07, 6.45) is 2.40. The molecule has 0 aliphatic rings. The molecule has 0 fully saturated rings. The second-order valence-electron chi connectivity index (χ2n) is 3.39. The van der Waals surface area contributed by atoms with Gasteiger partial charge >= 0.3 is 37.7 Å². The van der Waals surface area contributed by atoms with Gasteiger partial charge in [0.05, 0.1) is 0 Å². The molecule has 2 aromatic rings. The van der Waals surface area contributed by atoms with E-state index in [1.54, 1.807) is 0 Å². The van der Waals surface area contributed by atoms with E-state index in [1.165, 1.54) is 29.2 Å². The molecular formula is C13H14Ca+2. The first-order chi connectivity index (χ1) is 6.42. The molecule has 0 unspecified atom stereocenters. The van der Waals surface area contributed by atoms with Gasteiger partial charge in [0.2, 0.25) is 0 Å². The molecule has 0 aromatic heterocycles. The van der Waals surface area contributed by atoms with E-state index in [9.17, 15) is 0 Å². The summed E-state index contributed by atoms with van der Waals surface area (Å²) in [4.78, 5) is 0. The van der Waals surface area contributed by atoms with Crippen LogP contribution in [-0.2, 0) is 6.42 Å². The zero-order valence-corrected chi connectivity index (χ0v) is 10.9. The second-order valence-corrected chi connectivity index (χ2v) is 3.39. The van der Waals surface area contributed by atoms with Crippen molar-refractivity contribution >= 4 is 48.5 Å². The van der Waals surface area contributed by atoms with Crippen molar-refractivity contribution < 1.29 is 0 Å². The van der Waals surface area contributed by atoms with E-state index < -0.39 is 0 Å². The van der Waals surface area contributed by atoms with Crippen molar-refractivity contribution in [3.63, 3.8) is 0 Å². The maximum atomic E-state index is 2.23. The van der Waals surface area contributed by atoms with E-state index in [4.69, 9.17) is 0 Å². The van der Waals surface area contributed by atoms with Crippen molar-refractivity contribution in [1.82, 2.24) is 0 Å². The monoisotopic (exact) mass is 210 g/mol. The Kier molecular flexibility index (Phi) is 4.94. The van der Waals surface area contributed by atoms with Crippen LogP contribution < -0.4 is 0 Å². The van der Waals surface area contributed by atoms with Crippen LogP contribution in [0.15, 0.2) is 42.5 Å². The fraction of sp³-hybridized carbons (Fsp3) is 0.231. The molecule has 2 rings (SSSR count). The SMILES string of the molecule is CCCc1cccc2ccccc12.[Ca+2]. The van der Waals surface area contributed by atoms with Crippen LogP contribution in [0, 0.1) is 0 Å². The normalized spacial score (nSPS) is 9.79. The smallest absolute Gasteiger partial charge is 0.0651 e. The van der Waals surface area contributed by atoms with Crippen LogP contribution in [0.5, 0.6) is 0 Å². The molecule has 2 aromatic carbocycles. The third-order valence-electron chi connectivity index (χ3n) is 2.40. The zero-order valence-electron chi connectivity index (χ0n) is 8.66. The minimum absolute atomic E-state index is 0. The Balaban J connectivity index is 0.000000980. The number of benzene rings is 2. The molecule has 0 radical (unpaired) electrons. The predicted molar refractivity (Wildman–Crippen MR) is 63.7 cm³/mol. The van der Waals surface area contributed by atoms with E-state index in [0.29, 0.717) is 0 Å². The summed E-state index contributed by atoms with van der Waals surface area (Å²) in [5, 5.41) is 2.76. The molecule has 0 bridgehead atoms. The fourth-order valence-electron chi connectivity index (χ4n) is 1.78. The quantitative estimate of drug-likeness (QED) is 0.666. The van der Waals surface area contributed by atoms with Gasteiger partial charge in [-0.1, -0.05) is 55.8 Å². The van der Waals surface area contributed by atoms with Crippen LogP contribution in [0.4, 0.5) is 0 Å². The van der Waals surface area contributed by atoms with Gasteiger partial charge in [-0.05, 0) is 22.8 Å². The van der Waals surface area contributed by atoms with Crippen LogP contribution >= 0.6 is 0 Å². The molecule has 0 amide bonds. The Morgan fingerprint density at radius 1 is 0.929 bits per heavy atom. The van der Waals surface area contributed by atoms with Gasteiger partial charge in [0.1, 0.15) is 0 Å². The Labute approximate surface area is 115 Å². The van der Waals surface area contributed by atoms with Crippen molar-refractivity contribution in [2.24, 2.45) is 0 Å². The number of aryl methyl sites for hydroxylation is 1. The molecule has 0 N–H and O–H groups in total. The van der Waals surface area contributed by atoms with Crippen LogP contribution in [-0.4, -0.2) is 37.7 Å². The fourth-order valence-corrected chi connectivity index (χ4v) is 1.78. The van der Waals surface area contributed by atoms with Gasteiger partial charge in [0.15, 0.2) is 0 Å². The van der Waals surface area contributed by atoms with Crippen molar-refractivity contribution in [3.05, 3.63) is 48.0 Å². The Morgan fingerprint density at radius 2 is 1.64 bits per heavy atom. The maximum Gasteiger partial charge on any atom is 2.00 e. The minimum Gasteiger partial charge on any atom is -0.0651 e. The standard InChI is InChI=1S/C13H14.Ca/c1-2-6-11-8-5-9-12-7-3-4-10-13(11)12;/h3-5,7-10H,2,6H2,1H3;/q;+2. The molecule has 0 atom stereocenters. The van der Waals surface area contributed by atoms with Crippen LogP contribution in [0.2, 0.25) is 0 Å². The third-order valence-corrected chi connectivity index (χ3v) is 2.40. The third kappa shape index (κ3) is 2.50. The van der Waals surface area contributed by atoms with Crippen molar-refractivity contribution in [3.8, 4) is 0 Å². The minimum atomic E-state index is 0. The molecule has 66 valence electrons. The number of fused-ring (bicyclic) bond motifs is 1. The topological polar surface area (TPSA) is 0 Å². The van der Waals surface area contributed by atoms with Gasteiger partial charge < -0.3 is 0 Å². The van der Waals surface area contributed by atoms with Crippen LogP contribution in [0.25, 0.3) is 10.8 Å². The molecule has 0 saturated carbocycles. The van der Waals surface area contributed by atoms with E-state index in [0.717, 1.165) is 0 Å². The zero-order chi connectivity index (χ0) is 9.10. The average molecular weight is 210 g/mol. The molecule has 0 saturated heterocycles. The molecule has 0 spiro atoms. The summed E-state index contributed by atoms with van der Waals surface area (Å²) in [7, 11) is 0. The largest absolute Gasteiger partial charge is 2.00 e. The second kappa shape index (κ2) is 5.75. The summed E-state index contributed by atoms with van der Waals surface area (Å²) in [5.74, 6) is 0. The molecule has 0 heterocycles. The van der Waals surface area contributed by atoms with Crippen molar-refractivity contribution in [1.29, 1.82) is 0 Å². The van der Waals surface area contributed by atoms with Gasteiger partial charge in [0, 0.05) is 0 Å². The van der Waals surface area contributed by atoms with Crippen molar-refractivity contribution in [2.45, 2.75) is 19.8 Å². The van der Waals surface area contributed by atoms with Gasteiger partial charge in [-0.3, -0.25) is 0 Å².